The lowest BCUT2D eigenvalue weighted by molar-refractivity contribution is -0.0455. The molecule has 3 atom stereocenters. The molecule has 0 amide bonds. The summed E-state index contributed by atoms with van der Waals surface area (Å²) in [5, 5.41) is 0. The molecule has 0 N–H and O–H groups in total. The van der Waals surface area contributed by atoms with E-state index < -0.39 is 10.2 Å². The van der Waals surface area contributed by atoms with E-state index in [-0.39, 0.29) is 18.2 Å². The quantitative estimate of drug-likeness (QED) is 0.846. The zero-order valence-electron chi connectivity index (χ0n) is 13.1. The summed E-state index contributed by atoms with van der Waals surface area (Å²) in [6.45, 7) is 5.26. The summed E-state index contributed by atoms with van der Waals surface area (Å²) >= 11 is 0. The fourth-order valence-electron chi connectivity index (χ4n) is 3.40. The summed E-state index contributed by atoms with van der Waals surface area (Å²) in [5.41, 5.74) is 1.02. The third-order valence-corrected chi connectivity index (χ3v) is 6.28. The van der Waals surface area contributed by atoms with E-state index in [1.54, 1.807) is 21.0 Å². The molecule has 22 heavy (non-hydrogen) atoms. The molecule has 1 aromatic rings. The van der Waals surface area contributed by atoms with Crippen LogP contribution in [0.4, 0.5) is 0 Å². The minimum absolute atomic E-state index is 0.0690. The molecule has 2 aliphatic heterocycles. The van der Waals surface area contributed by atoms with Gasteiger partial charge >= 0.3 is 0 Å². The standard InChI is InChI=1S/C15H23N3O3S/c1-12-10-17(11-13(2)21-12)22(19,20)18-9-3-4-15(18)14-5-7-16-8-6-14/h5-8,12-13,15H,3-4,9-11H2,1-2H3/t12-,13-,15-/m1/s1. The van der Waals surface area contributed by atoms with Crippen molar-refractivity contribution in [3.05, 3.63) is 30.1 Å². The van der Waals surface area contributed by atoms with Crippen molar-refractivity contribution in [1.29, 1.82) is 0 Å². The average Bonchev–Trinajstić information content (AvgIpc) is 2.97. The molecule has 2 fully saturated rings. The van der Waals surface area contributed by atoms with Gasteiger partial charge in [-0.15, -0.1) is 0 Å². The molecule has 0 saturated carbocycles. The summed E-state index contributed by atoms with van der Waals surface area (Å²) in [6, 6.07) is 3.73. The van der Waals surface area contributed by atoms with E-state index in [0.717, 1.165) is 18.4 Å². The molecule has 0 aliphatic carbocycles. The lowest BCUT2D eigenvalue weighted by Gasteiger charge is -2.37. The maximum Gasteiger partial charge on any atom is 0.282 e. The van der Waals surface area contributed by atoms with Crippen LogP contribution in [0.3, 0.4) is 0 Å². The third-order valence-electron chi connectivity index (χ3n) is 4.30. The van der Waals surface area contributed by atoms with Gasteiger partial charge in [-0.2, -0.15) is 17.0 Å². The van der Waals surface area contributed by atoms with Crippen LogP contribution in [-0.4, -0.2) is 53.9 Å². The smallest absolute Gasteiger partial charge is 0.282 e. The Bertz CT molecular complexity index is 598. The first kappa shape index (κ1) is 15.9. The van der Waals surface area contributed by atoms with E-state index in [9.17, 15) is 8.42 Å². The molecule has 0 spiro atoms. The predicted octanol–water partition coefficient (Wildman–Crippen LogP) is 1.57. The van der Waals surface area contributed by atoms with Crippen molar-refractivity contribution in [2.75, 3.05) is 19.6 Å². The molecule has 0 radical (unpaired) electrons. The van der Waals surface area contributed by atoms with Gasteiger partial charge in [0.25, 0.3) is 10.2 Å². The van der Waals surface area contributed by atoms with E-state index in [1.807, 2.05) is 26.0 Å². The van der Waals surface area contributed by atoms with Crippen molar-refractivity contribution in [3.63, 3.8) is 0 Å². The topological polar surface area (TPSA) is 62.7 Å². The summed E-state index contributed by atoms with van der Waals surface area (Å²) in [7, 11) is -3.46. The van der Waals surface area contributed by atoms with Crippen LogP contribution in [0.1, 0.15) is 38.3 Å². The molecular weight excluding hydrogens is 302 g/mol. The van der Waals surface area contributed by atoms with Crippen molar-refractivity contribution in [1.82, 2.24) is 13.6 Å². The number of nitrogens with zero attached hydrogens (tertiary/aromatic N) is 3. The van der Waals surface area contributed by atoms with Gasteiger partial charge in [-0.25, -0.2) is 0 Å². The Balaban J connectivity index is 1.85. The van der Waals surface area contributed by atoms with Crippen molar-refractivity contribution < 1.29 is 13.2 Å². The third kappa shape index (κ3) is 3.03. The zero-order chi connectivity index (χ0) is 15.7. The van der Waals surface area contributed by atoms with Crippen molar-refractivity contribution >= 4 is 10.2 Å². The Morgan fingerprint density at radius 3 is 2.45 bits per heavy atom. The Morgan fingerprint density at radius 2 is 1.82 bits per heavy atom. The molecule has 7 heteroatoms. The molecular formula is C15H23N3O3S. The zero-order valence-corrected chi connectivity index (χ0v) is 13.9. The number of ether oxygens (including phenoxy) is 1. The predicted molar refractivity (Wildman–Crippen MR) is 83.4 cm³/mol. The van der Waals surface area contributed by atoms with Gasteiger partial charge < -0.3 is 4.74 Å². The Morgan fingerprint density at radius 1 is 1.18 bits per heavy atom. The van der Waals surface area contributed by atoms with E-state index >= 15 is 0 Å². The molecule has 3 rings (SSSR count). The minimum Gasteiger partial charge on any atom is -0.373 e. The van der Waals surface area contributed by atoms with Gasteiger partial charge in [0.05, 0.1) is 18.2 Å². The highest BCUT2D eigenvalue weighted by Gasteiger charge is 2.41. The first-order chi connectivity index (χ1) is 10.5. The fourth-order valence-corrected chi connectivity index (χ4v) is 5.40. The first-order valence-corrected chi connectivity index (χ1v) is 9.20. The normalized spacial score (nSPS) is 31.5. The maximum atomic E-state index is 13.0. The van der Waals surface area contributed by atoms with E-state index in [2.05, 4.69) is 4.98 Å². The summed E-state index contributed by atoms with van der Waals surface area (Å²) in [4.78, 5) is 4.02. The summed E-state index contributed by atoms with van der Waals surface area (Å²) in [6.07, 6.45) is 5.05. The second-order valence-electron chi connectivity index (χ2n) is 6.13. The van der Waals surface area contributed by atoms with Crippen molar-refractivity contribution in [3.8, 4) is 0 Å². The maximum absolute atomic E-state index is 13.0. The van der Waals surface area contributed by atoms with Crippen LogP contribution >= 0.6 is 0 Å². The molecule has 122 valence electrons. The molecule has 2 saturated heterocycles. The van der Waals surface area contributed by atoms with Gasteiger partial charge in [-0.05, 0) is 44.4 Å². The summed E-state index contributed by atoms with van der Waals surface area (Å²) in [5.74, 6) is 0. The van der Waals surface area contributed by atoms with Crippen LogP contribution in [0.25, 0.3) is 0 Å². The number of rotatable bonds is 3. The first-order valence-electron chi connectivity index (χ1n) is 7.81. The lowest BCUT2D eigenvalue weighted by Crippen LogP contribution is -2.52. The molecule has 1 aromatic heterocycles. The number of hydrogen-bond acceptors (Lipinski definition) is 4. The van der Waals surface area contributed by atoms with Gasteiger partial charge in [0.1, 0.15) is 0 Å². The Labute approximate surface area is 132 Å². The number of morpholine rings is 1. The fraction of sp³-hybridized carbons (Fsp3) is 0.667. The largest absolute Gasteiger partial charge is 0.373 e. The second-order valence-corrected chi connectivity index (χ2v) is 8.01. The van der Waals surface area contributed by atoms with Crippen LogP contribution in [0.2, 0.25) is 0 Å². The van der Waals surface area contributed by atoms with Gasteiger partial charge in [0.15, 0.2) is 0 Å². The Kier molecular flexibility index (Phi) is 4.49. The summed E-state index contributed by atoms with van der Waals surface area (Å²) < 4.78 is 35.0. The van der Waals surface area contributed by atoms with Crippen LogP contribution in [0.15, 0.2) is 24.5 Å². The van der Waals surface area contributed by atoms with Crippen LogP contribution in [0, 0.1) is 0 Å². The van der Waals surface area contributed by atoms with Gasteiger partial charge in [-0.1, -0.05) is 0 Å². The number of pyridine rings is 1. The highest BCUT2D eigenvalue weighted by Crippen LogP contribution is 2.35. The molecule has 0 unspecified atom stereocenters. The van der Waals surface area contributed by atoms with E-state index in [1.165, 1.54) is 0 Å². The molecule has 2 aliphatic rings. The van der Waals surface area contributed by atoms with E-state index in [0.29, 0.717) is 19.6 Å². The van der Waals surface area contributed by atoms with Crippen molar-refractivity contribution in [2.24, 2.45) is 0 Å². The highest BCUT2D eigenvalue weighted by molar-refractivity contribution is 7.86. The number of aromatic nitrogens is 1. The average molecular weight is 325 g/mol. The molecule has 6 nitrogen and oxygen atoms in total. The van der Waals surface area contributed by atoms with Crippen molar-refractivity contribution in [2.45, 2.75) is 44.9 Å². The highest BCUT2D eigenvalue weighted by atomic mass is 32.2. The van der Waals surface area contributed by atoms with Gasteiger partial charge in [0, 0.05) is 32.0 Å². The lowest BCUT2D eigenvalue weighted by atomic mass is 10.1. The minimum atomic E-state index is -3.46. The SMILES string of the molecule is C[C@@H]1CN(S(=O)(=O)N2CCC[C@@H]2c2ccncc2)C[C@@H](C)O1. The monoisotopic (exact) mass is 325 g/mol. The van der Waals surface area contributed by atoms with E-state index in [4.69, 9.17) is 4.74 Å². The van der Waals surface area contributed by atoms with Crippen LogP contribution in [-0.2, 0) is 14.9 Å². The Hall–Kier alpha value is -1.02. The van der Waals surface area contributed by atoms with Gasteiger partial charge in [0.2, 0.25) is 0 Å². The number of hydrogen-bond donors (Lipinski definition) is 0. The second kappa shape index (κ2) is 6.23. The molecule has 0 aromatic carbocycles. The van der Waals surface area contributed by atoms with Crippen LogP contribution < -0.4 is 0 Å². The molecule has 0 bridgehead atoms. The van der Waals surface area contributed by atoms with Crippen LogP contribution in [0.5, 0.6) is 0 Å². The van der Waals surface area contributed by atoms with Gasteiger partial charge in [-0.3, -0.25) is 4.98 Å². The molecule has 3 heterocycles.